The quantitative estimate of drug-likeness (QED) is 0.538. The van der Waals surface area contributed by atoms with Gasteiger partial charge in [0.2, 0.25) is 0 Å². The maximum Gasteiger partial charge on any atom is 0.317 e. The van der Waals surface area contributed by atoms with E-state index in [9.17, 15) is 4.79 Å². The third-order valence-electron chi connectivity index (χ3n) is 3.46. The van der Waals surface area contributed by atoms with E-state index in [1.54, 1.807) is 0 Å². The van der Waals surface area contributed by atoms with Crippen LogP contribution in [0.3, 0.4) is 0 Å². The Morgan fingerprint density at radius 1 is 1.20 bits per heavy atom. The van der Waals surface area contributed by atoms with E-state index >= 15 is 0 Å². The summed E-state index contributed by atoms with van der Waals surface area (Å²) in [5.74, 6) is 0.616. The van der Waals surface area contributed by atoms with Gasteiger partial charge in [-0.3, -0.25) is 5.32 Å². The van der Waals surface area contributed by atoms with Crippen molar-refractivity contribution in [2.75, 3.05) is 5.32 Å². The van der Waals surface area contributed by atoms with Crippen LogP contribution in [0.5, 0.6) is 0 Å². The summed E-state index contributed by atoms with van der Waals surface area (Å²) in [5.41, 5.74) is 9.40. The number of benzene rings is 1. The van der Waals surface area contributed by atoms with Gasteiger partial charge in [0.1, 0.15) is 5.82 Å². The first-order valence-electron chi connectivity index (χ1n) is 8.53. The van der Waals surface area contributed by atoms with Crippen molar-refractivity contribution in [2.24, 2.45) is 5.73 Å². The predicted molar refractivity (Wildman–Crippen MR) is 107 cm³/mol. The predicted octanol–water partition coefficient (Wildman–Crippen LogP) is 5.25. The number of nitrogens with two attached hydrogens (primary N) is 1. The molecule has 4 N–H and O–H groups in total. The summed E-state index contributed by atoms with van der Waals surface area (Å²) < 4.78 is 0. The molecule has 4 nitrogen and oxygen atoms in total. The molecule has 0 aliphatic carbocycles. The molecule has 0 aromatic heterocycles. The van der Waals surface area contributed by atoms with Crippen LogP contribution in [0.15, 0.2) is 77.7 Å². The van der Waals surface area contributed by atoms with E-state index in [-0.39, 0.29) is 0 Å². The van der Waals surface area contributed by atoms with Gasteiger partial charge >= 0.3 is 6.03 Å². The number of rotatable bonds is 9. The number of primary amides is 1. The van der Waals surface area contributed by atoms with Crippen LogP contribution in [-0.2, 0) is 0 Å². The lowest BCUT2D eigenvalue weighted by Crippen LogP contribution is -2.32. The van der Waals surface area contributed by atoms with Gasteiger partial charge in [0.25, 0.3) is 0 Å². The number of hydrogen-bond donors (Lipinski definition) is 3. The Labute approximate surface area is 151 Å². The topological polar surface area (TPSA) is 67.1 Å². The number of amides is 2. The molecular formula is C21H29N3O. The van der Waals surface area contributed by atoms with Crippen LogP contribution in [0.4, 0.5) is 10.5 Å². The number of carbonyl (C=O) groups excluding carboxylic acids is 1. The van der Waals surface area contributed by atoms with Crippen LogP contribution >= 0.6 is 0 Å². The normalized spacial score (nSPS) is 12.7. The fourth-order valence-electron chi connectivity index (χ4n) is 2.21. The first kappa shape index (κ1) is 20.3. The van der Waals surface area contributed by atoms with Gasteiger partial charge in [-0.15, -0.1) is 0 Å². The molecule has 0 saturated carbocycles. The minimum atomic E-state index is -0.589. The molecule has 0 bridgehead atoms. The van der Waals surface area contributed by atoms with Gasteiger partial charge in [0.05, 0.1) is 0 Å². The zero-order chi connectivity index (χ0) is 18.7. The molecule has 0 aliphatic rings. The molecular weight excluding hydrogens is 310 g/mol. The smallest absolute Gasteiger partial charge is 0.317 e. The third kappa shape index (κ3) is 8.61. The Hall–Kier alpha value is -2.75. The lowest BCUT2D eigenvalue weighted by atomic mass is 10.0. The average molecular weight is 339 g/mol. The highest BCUT2D eigenvalue weighted by atomic mass is 16.2. The second-order valence-electron chi connectivity index (χ2n) is 6.06. The van der Waals surface area contributed by atoms with Gasteiger partial charge in [-0.25, -0.2) is 4.79 Å². The van der Waals surface area contributed by atoms with Crippen LogP contribution in [0.2, 0.25) is 0 Å². The molecule has 0 radical (unpaired) electrons. The highest BCUT2D eigenvalue weighted by Crippen LogP contribution is 2.18. The molecule has 0 fully saturated rings. The first-order chi connectivity index (χ1) is 11.9. The van der Waals surface area contributed by atoms with Gasteiger partial charge in [-0.05, 0) is 50.0 Å². The maximum absolute atomic E-state index is 11.4. The number of unbranched alkanes of at least 4 members (excludes halogenated alkanes) is 1. The molecule has 25 heavy (non-hydrogen) atoms. The van der Waals surface area contributed by atoms with E-state index in [2.05, 4.69) is 36.3 Å². The molecule has 1 aromatic rings. The van der Waals surface area contributed by atoms with Crippen molar-refractivity contribution in [1.29, 1.82) is 0 Å². The van der Waals surface area contributed by atoms with Crippen LogP contribution in [0.25, 0.3) is 0 Å². The summed E-state index contributed by atoms with van der Waals surface area (Å²) >= 11 is 0. The molecule has 1 rings (SSSR count). The lowest BCUT2D eigenvalue weighted by molar-refractivity contribution is 0.251. The summed E-state index contributed by atoms with van der Waals surface area (Å²) in [4.78, 5) is 11.4. The highest BCUT2D eigenvalue weighted by Gasteiger charge is 2.07. The van der Waals surface area contributed by atoms with E-state index < -0.39 is 6.03 Å². The number of anilines is 1. The maximum atomic E-state index is 11.4. The fraction of sp³-hybridized carbons (Fsp3) is 0.286. The zero-order valence-electron chi connectivity index (χ0n) is 15.4. The highest BCUT2D eigenvalue weighted by molar-refractivity contribution is 5.75. The van der Waals surface area contributed by atoms with Crippen molar-refractivity contribution in [1.82, 2.24) is 5.32 Å². The van der Waals surface area contributed by atoms with Crippen LogP contribution < -0.4 is 16.4 Å². The van der Waals surface area contributed by atoms with Crippen molar-refractivity contribution in [2.45, 2.75) is 40.0 Å². The average Bonchev–Trinajstić information content (AvgIpc) is 2.57. The number of allylic oxidation sites excluding steroid dienone is 6. The number of nitrogens with one attached hydrogen (secondary N) is 2. The first-order valence-corrected chi connectivity index (χ1v) is 8.53. The SMILES string of the molecule is C=C(C)/C=C\C(=C/CCC)C/C(C)=C(/NC(N)=O)Nc1ccccc1. The number of para-hydroxylation sites is 1. The van der Waals surface area contributed by atoms with Crippen molar-refractivity contribution in [3.05, 3.63) is 77.7 Å². The monoisotopic (exact) mass is 339 g/mol. The van der Waals surface area contributed by atoms with Crippen molar-refractivity contribution >= 4 is 11.7 Å². The Bertz CT molecular complexity index is 670. The minimum absolute atomic E-state index is 0.589. The minimum Gasteiger partial charge on any atom is -0.351 e. The Morgan fingerprint density at radius 3 is 2.44 bits per heavy atom. The van der Waals surface area contributed by atoms with Gasteiger partial charge in [0, 0.05) is 5.69 Å². The molecule has 0 saturated heterocycles. The number of carbonyl (C=O) groups is 1. The number of urea groups is 1. The molecule has 4 heteroatoms. The van der Waals surface area contributed by atoms with Crippen molar-refractivity contribution in [3.8, 4) is 0 Å². The summed E-state index contributed by atoms with van der Waals surface area (Å²) in [5, 5.41) is 5.93. The van der Waals surface area contributed by atoms with E-state index in [0.717, 1.165) is 29.7 Å². The van der Waals surface area contributed by atoms with Gasteiger partial charge in [0.15, 0.2) is 0 Å². The summed E-state index contributed by atoms with van der Waals surface area (Å²) in [6.07, 6.45) is 9.09. The Morgan fingerprint density at radius 2 is 1.88 bits per heavy atom. The van der Waals surface area contributed by atoms with E-state index in [1.807, 2.05) is 50.3 Å². The Kier molecular flexibility index (Phi) is 8.86. The van der Waals surface area contributed by atoms with E-state index in [0.29, 0.717) is 12.2 Å². The van der Waals surface area contributed by atoms with Crippen LogP contribution in [0, 0.1) is 0 Å². The van der Waals surface area contributed by atoms with E-state index in [4.69, 9.17) is 5.73 Å². The molecule has 0 unspecified atom stereocenters. The Balaban J connectivity index is 3.06. The summed E-state index contributed by atoms with van der Waals surface area (Å²) in [6, 6.07) is 9.09. The summed E-state index contributed by atoms with van der Waals surface area (Å²) in [7, 11) is 0. The molecule has 0 spiro atoms. The molecule has 2 amide bonds. The van der Waals surface area contributed by atoms with Crippen molar-refractivity contribution in [3.63, 3.8) is 0 Å². The van der Waals surface area contributed by atoms with Gasteiger partial charge in [-0.1, -0.05) is 61.9 Å². The van der Waals surface area contributed by atoms with Crippen LogP contribution in [0.1, 0.15) is 40.0 Å². The second kappa shape index (κ2) is 10.9. The molecule has 0 atom stereocenters. The van der Waals surface area contributed by atoms with Crippen LogP contribution in [-0.4, -0.2) is 6.03 Å². The zero-order valence-corrected chi connectivity index (χ0v) is 15.4. The molecule has 134 valence electrons. The lowest BCUT2D eigenvalue weighted by Gasteiger charge is -2.16. The van der Waals surface area contributed by atoms with Gasteiger partial charge < -0.3 is 11.1 Å². The number of hydrogen-bond acceptors (Lipinski definition) is 2. The fourth-order valence-corrected chi connectivity index (χ4v) is 2.21. The van der Waals surface area contributed by atoms with Gasteiger partial charge in [-0.2, -0.15) is 0 Å². The molecule has 0 aliphatic heterocycles. The molecule has 0 heterocycles. The summed E-state index contributed by atoms with van der Waals surface area (Å²) in [6.45, 7) is 10.0. The third-order valence-corrected chi connectivity index (χ3v) is 3.46. The standard InChI is InChI=1S/C21H29N3O/c1-5-6-10-18(14-13-16(2)3)15-17(4)20(24-21(22)25)23-19-11-8-7-9-12-19/h7-14,23H,2,5-6,15H2,1,3-4H3,(H3,22,24,25)/b14-13-,18-10+,20-17+. The molecule has 1 aromatic carbocycles. The van der Waals surface area contributed by atoms with E-state index in [1.165, 1.54) is 5.57 Å². The second-order valence-corrected chi connectivity index (χ2v) is 6.06. The van der Waals surface area contributed by atoms with Crippen molar-refractivity contribution < 1.29 is 4.79 Å². The largest absolute Gasteiger partial charge is 0.351 e.